The van der Waals surface area contributed by atoms with Gasteiger partial charge in [0.05, 0.1) is 23.3 Å². The predicted molar refractivity (Wildman–Crippen MR) is 73.8 cm³/mol. The summed E-state index contributed by atoms with van der Waals surface area (Å²) in [5.41, 5.74) is 9.14. The molecule has 0 aliphatic carbocycles. The highest BCUT2D eigenvalue weighted by Crippen LogP contribution is 2.27. The van der Waals surface area contributed by atoms with E-state index in [2.05, 4.69) is 10.1 Å². The lowest BCUT2D eigenvalue weighted by molar-refractivity contribution is 0.627. The Morgan fingerprint density at radius 1 is 1.26 bits per heavy atom. The van der Waals surface area contributed by atoms with Crippen LogP contribution in [-0.2, 0) is 0 Å². The third-order valence-corrected chi connectivity index (χ3v) is 3.55. The minimum absolute atomic E-state index is 0.263. The van der Waals surface area contributed by atoms with Crippen molar-refractivity contribution in [3.05, 3.63) is 47.4 Å². The summed E-state index contributed by atoms with van der Waals surface area (Å²) in [6.07, 6.45) is 1.74. The molecule has 4 nitrogen and oxygen atoms in total. The van der Waals surface area contributed by atoms with Gasteiger partial charge >= 0.3 is 0 Å². The molecule has 0 saturated carbocycles. The molecule has 0 aliphatic heterocycles. The molecule has 0 radical (unpaired) electrons. The van der Waals surface area contributed by atoms with E-state index in [1.807, 2.05) is 12.3 Å². The van der Waals surface area contributed by atoms with E-state index in [1.54, 1.807) is 23.0 Å². The molecule has 3 aromatic rings. The second-order valence-corrected chi connectivity index (χ2v) is 4.99. The van der Waals surface area contributed by atoms with Gasteiger partial charge in [-0.15, -0.1) is 11.3 Å². The first kappa shape index (κ1) is 11.9. The topological polar surface area (TPSA) is 56.7 Å². The second kappa shape index (κ2) is 4.47. The predicted octanol–water partition coefficient (Wildman–Crippen LogP) is 3.03. The van der Waals surface area contributed by atoms with Crippen molar-refractivity contribution in [3.63, 3.8) is 0 Å². The molecule has 0 atom stereocenters. The second-order valence-electron chi connectivity index (χ2n) is 4.10. The maximum absolute atomic E-state index is 12.9. The van der Waals surface area contributed by atoms with Gasteiger partial charge in [0.25, 0.3) is 0 Å². The minimum Gasteiger partial charge on any atom is -0.375 e. The van der Waals surface area contributed by atoms with Crippen LogP contribution >= 0.6 is 11.3 Å². The minimum atomic E-state index is -0.263. The molecular formula is C13H11FN4S. The summed E-state index contributed by atoms with van der Waals surface area (Å²) in [7, 11) is 0. The Balaban J connectivity index is 2.06. The lowest BCUT2D eigenvalue weighted by atomic mass is 10.2. The summed E-state index contributed by atoms with van der Waals surface area (Å²) in [6.45, 7) is 1.95. The summed E-state index contributed by atoms with van der Waals surface area (Å²) in [5.74, 6) is -0.263. The third kappa shape index (κ3) is 2.10. The van der Waals surface area contributed by atoms with Crippen LogP contribution in [0.2, 0.25) is 0 Å². The Bertz CT molecular complexity index is 715. The molecule has 2 N–H and O–H groups in total. The van der Waals surface area contributed by atoms with Crippen LogP contribution < -0.4 is 5.73 Å². The first-order valence-corrected chi connectivity index (χ1v) is 6.55. The molecule has 3 rings (SSSR count). The number of nitrogens with two attached hydrogens (primary N) is 1. The highest BCUT2D eigenvalue weighted by atomic mass is 32.1. The zero-order valence-corrected chi connectivity index (χ0v) is 11.0. The maximum atomic E-state index is 12.9. The zero-order valence-electron chi connectivity index (χ0n) is 10.2. The van der Waals surface area contributed by atoms with Gasteiger partial charge in [0, 0.05) is 10.9 Å². The molecule has 96 valence electrons. The lowest BCUT2D eigenvalue weighted by Gasteiger charge is -2.04. The van der Waals surface area contributed by atoms with Gasteiger partial charge in [-0.3, -0.25) is 0 Å². The Labute approximate surface area is 113 Å². The number of hydrogen-bond donors (Lipinski definition) is 1. The molecule has 0 bridgehead atoms. The van der Waals surface area contributed by atoms with E-state index >= 15 is 0 Å². The molecule has 0 unspecified atom stereocenters. The standard InChI is InChI=1S/C13H11FN4S/c1-8-11(12-7-19-13(15)17-12)6-16-18(8)10-4-2-9(14)3-5-10/h2-7H,1H3,(H2,15,17). The normalized spacial score (nSPS) is 10.8. The number of rotatable bonds is 2. The number of aromatic nitrogens is 3. The molecule has 1 aromatic carbocycles. The average Bonchev–Trinajstić information content (AvgIpc) is 2.97. The van der Waals surface area contributed by atoms with Gasteiger partial charge in [-0.05, 0) is 31.2 Å². The van der Waals surface area contributed by atoms with Crippen molar-refractivity contribution in [2.75, 3.05) is 5.73 Å². The van der Waals surface area contributed by atoms with E-state index in [4.69, 9.17) is 5.73 Å². The molecule has 0 spiro atoms. The molecule has 6 heteroatoms. The first-order valence-electron chi connectivity index (χ1n) is 5.67. The molecule has 0 aliphatic rings. The number of hydrogen-bond acceptors (Lipinski definition) is 4. The Hall–Kier alpha value is -2.21. The monoisotopic (exact) mass is 274 g/mol. The average molecular weight is 274 g/mol. The van der Waals surface area contributed by atoms with Crippen molar-refractivity contribution < 1.29 is 4.39 Å². The van der Waals surface area contributed by atoms with Crippen molar-refractivity contribution in [2.24, 2.45) is 0 Å². The fraction of sp³-hybridized carbons (Fsp3) is 0.0769. The molecule has 19 heavy (non-hydrogen) atoms. The quantitative estimate of drug-likeness (QED) is 0.781. The summed E-state index contributed by atoms with van der Waals surface area (Å²) >= 11 is 1.40. The van der Waals surface area contributed by atoms with Crippen molar-refractivity contribution in [1.82, 2.24) is 14.8 Å². The van der Waals surface area contributed by atoms with Gasteiger partial charge in [0.1, 0.15) is 5.82 Å². The summed E-state index contributed by atoms with van der Waals surface area (Å²) in [5, 5.41) is 6.75. The van der Waals surface area contributed by atoms with Crippen LogP contribution in [0.25, 0.3) is 16.9 Å². The van der Waals surface area contributed by atoms with Crippen molar-refractivity contribution >= 4 is 16.5 Å². The number of halogens is 1. The van der Waals surface area contributed by atoms with E-state index in [0.717, 1.165) is 22.6 Å². The van der Waals surface area contributed by atoms with Crippen LogP contribution in [0.1, 0.15) is 5.69 Å². The number of nitrogen functional groups attached to an aromatic ring is 1. The van der Waals surface area contributed by atoms with Gasteiger partial charge in [0.2, 0.25) is 0 Å². The third-order valence-electron chi connectivity index (χ3n) is 2.88. The Kier molecular flexibility index (Phi) is 2.79. The van der Waals surface area contributed by atoms with Crippen LogP contribution in [0, 0.1) is 12.7 Å². The van der Waals surface area contributed by atoms with Crippen LogP contribution in [0.4, 0.5) is 9.52 Å². The van der Waals surface area contributed by atoms with Gasteiger partial charge in [-0.1, -0.05) is 0 Å². The van der Waals surface area contributed by atoms with Gasteiger partial charge in [-0.2, -0.15) is 5.10 Å². The molecule has 0 fully saturated rings. The molecule has 0 saturated heterocycles. The van der Waals surface area contributed by atoms with E-state index in [1.165, 1.54) is 23.5 Å². The van der Waals surface area contributed by atoms with Gasteiger partial charge < -0.3 is 5.73 Å². The van der Waals surface area contributed by atoms with Crippen LogP contribution in [0.5, 0.6) is 0 Å². The van der Waals surface area contributed by atoms with E-state index in [9.17, 15) is 4.39 Å². The van der Waals surface area contributed by atoms with Gasteiger partial charge in [-0.25, -0.2) is 14.1 Å². The van der Waals surface area contributed by atoms with Crippen molar-refractivity contribution in [1.29, 1.82) is 0 Å². The SMILES string of the molecule is Cc1c(-c2csc(N)n2)cnn1-c1ccc(F)cc1. The van der Waals surface area contributed by atoms with E-state index in [-0.39, 0.29) is 5.82 Å². The highest BCUT2D eigenvalue weighted by molar-refractivity contribution is 7.13. The Morgan fingerprint density at radius 3 is 2.63 bits per heavy atom. The summed E-state index contributed by atoms with van der Waals surface area (Å²) in [4.78, 5) is 4.25. The fourth-order valence-electron chi connectivity index (χ4n) is 1.91. The fourth-order valence-corrected chi connectivity index (χ4v) is 2.48. The maximum Gasteiger partial charge on any atom is 0.180 e. The number of anilines is 1. The molecule has 2 aromatic heterocycles. The molecule has 0 amide bonds. The van der Waals surface area contributed by atoms with Crippen molar-refractivity contribution in [2.45, 2.75) is 6.92 Å². The van der Waals surface area contributed by atoms with E-state index < -0.39 is 0 Å². The summed E-state index contributed by atoms with van der Waals surface area (Å²) in [6, 6.07) is 6.21. The molecular weight excluding hydrogens is 263 g/mol. The van der Waals surface area contributed by atoms with Crippen LogP contribution in [0.15, 0.2) is 35.8 Å². The number of benzene rings is 1. The highest BCUT2D eigenvalue weighted by Gasteiger charge is 2.12. The smallest absolute Gasteiger partial charge is 0.180 e. The van der Waals surface area contributed by atoms with Gasteiger partial charge in [0.15, 0.2) is 5.13 Å². The molecule has 2 heterocycles. The number of thiazole rings is 1. The van der Waals surface area contributed by atoms with E-state index in [0.29, 0.717) is 5.13 Å². The number of nitrogens with zero attached hydrogens (tertiary/aromatic N) is 3. The van der Waals surface area contributed by atoms with Crippen LogP contribution in [-0.4, -0.2) is 14.8 Å². The largest absolute Gasteiger partial charge is 0.375 e. The zero-order chi connectivity index (χ0) is 13.4. The Morgan fingerprint density at radius 2 is 2.00 bits per heavy atom. The van der Waals surface area contributed by atoms with Crippen molar-refractivity contribution in [3.8, 4) is 16.9 Å². The summed E-state index contributed by atoms with van der Waals surface area (Å²) < 4.78 is 14.7. The lowest BCUT2D eigenvalue weighted by Crippen LogP contribution is -1.98. The first-order chi connectivity index (χ1) is 9.15. The van der Waals surface area contributed by atoms with Crippen LogP contribution in [0.3, 0.4) is 0 Å².